The number of likely N-dealkylation sites (N-methyl/N-ethyl adjacent to an activating group) is 2. The lowest BCUT2D eigenvalue weighted by Gasteiger charge is -2.37. The van der Waals surface area contributed by atoms with Crippen molar-refractivity contribution in [3.63, 3.8) is 0 Å². The van der Waals surface area contributed by atoms with Crippen molar-refractivity contribution in [1.29, 1.82) is 0 Å². The molecule has 6 atom stereocenters. The highest BCUT2D eigenvalue weighted by atomic mass is 16.5. The standard InChI is InChI=1S/C38H74N2O4/c1-29(2)33-21-19-31(5)25-35(33)43-37(41)27-39(7,8)23-17-15-13-11-12-14-16-18-24-40(9,10)28-38(42)44-36-26-32(6)20-22-34(36)30(3)4/h29-36H,11-28H2,1-10H3/q+2. The molecule has 2 aliphatic rings. The first-order valence-corrected chi connectivity index (χ1v) is 18.6. The number of rotatable bonds is 19. The molecule has 0 radical (unpaired) electrons. The lowest BCUT2D eigenvalue weighted by molar-refractivity contribution is -0.883. The third kappa shape index (κ3) is 15.0. The van der Waals surface area contributed by atoms with Crippen LogP contribution in [0, 0.1) is 35.5 Å². The topological polar surface area (TPSA) is 52.6 Å². The van der Waals surface area contributed by atoms with Crippen LogP contribution < -0.4 is 0 Å². The van der Waals surface area contributed by atoms with E-state index in [0.717, 1.165) is 38.8 Å². The summed E-state index contributed by atoms with van der Waals surface area (Å²) in [7, 11) is 8.68. The fourth-order valence-electron chi connectivity index (χ4n) is 7.91. The largest absolute Gasteiger partial charge is 0.458 e. The van der Waals surface area contributed by atoms with E-state index < -0.39 is 0 Å². The second-order valence-corrected chi connectivity index (χ2v) is 17.2. The van der Waals surface area contributed by atoms with Crippen LogP contribution in [0.4, 0.5) is 0 Å². The first-order chi connectivity index (χ1) is 20.6. The highest BCUT2D eigenvalue weighted by Crippen LogP contribution is 2.36. The van der Waals surface area contributed by atoms with Gasteiger partial charge in [-0.1, -0.05) is 80.1 Å². The van der Waals surface area contributed by atoms with E-state index >= 15 is 0 Å². The normalized spacial score (nSPS) is 26.6. The summed E-state index contributed by atoms with van der Waals surface area (Å²) in [5.41, 5.74) is 0. The minimum Gasteiger partial charge on any atom is -0.458 e. The van der Waals surface area contributed by atoms with Crippen LogP contribution in [-0.4, -0.2) is 87.5 Å². The molecule has 2 aliphatic carbocycles. The van der Waals surface area contributed by atoms with E-state index in [2.05, 4.69) is 69.7 Å². The molecule has 0 spiro atoms. The second-order valence-electron chi connectivity index (χ2n) is 17.2. The van der Waals surface area contributed by atoms with E-state index in [4.69, 9.17) is 9.47 Å². The zero-order valence-electron chi connectivity index (χ0n) is 30.9. The van der Waals surface area contributed by atoms with Crippen molar-refractivity contribution >= 4 is 11.9 Å². The van der Waals surface area contributed by atoms with Crippen LogP contribution in [0.1, 0.15) is 131 Å². The Labute approximate surface area is 273 Å². The molecule has 0 amide bonds. The van der Waals surface area contributed by atoms with Gasteiger partial charge in [0.1, 0.15) is 12.2 Å². The predicted molar refractivity (Wildman–Crippen MR) is 183 cm³/mol. The van der Waals surface area contributed by atoms with E-state index in [0.29, 0.717) is 57.6 Å². The molecule has 0 aromatic carbocycles. The van der Waals surface area contributed by atoms with Crippen LogP contribution in [-0.2, 0) is 19.1 Å². The Morgan fingerprint density at radius 3 is 1.20 bits per heavy atom. The fourth-order valence-corrected chi connectivity index (χ4v) is 7.91. The molecule has 0 heterocycles. The van der Waals surface area contributed by atoms with Gasteiger partial charge in [-0.3, -0.25) is 0 Å². The van der Waals surface area contributed by atoms with Crippen molar-refractivity contribution in [3.05, 3.63) is 0 Å². The first-order valence-electron chi connectivity index (χ1n) is 18.6. The molecular formula is C38H74N2O4+2. The maximum atomic E-state index is 12.8. The number of esters is 2. The maximum absolute atomic E-state index is 12.8. The number of carbonyl (C=O) groups excluding carboxylic acids is 2. The van der Waals surface area contributed by atoms with Crippen LogP contribution in [0.2, 0.25) is 0 Å². The van der Waals surface area contributed by atoms with Crippen LogP contribution in [0.25, 0.3) is 0 Å². The van der Waals surface area contributed by atoms with Gasteiger partial charge >= 0.3 is 11.9 Å². The van der Waals surface area contributed by atoms with Crippen LogP contribution in [0.15, 0.2) is 0 Å². The van der Waals surface area contributed by atoms with Crippen LogP contribution >= 0.6 is 0 Å². The molecule has 258 valence electrons. The Morgan fingerprint density at radius 1 is 0.568 bits per heavy atom. The van der Waals surface area contributed by atoms with Gasteiger partial charge in [0.25, 0.3) is 0 Å². The predicted octanol–water partition coefficient (Wildman–Crippen LogP) is 8.27. The number of quaternary nitrogens is 2. The van der Waals surface area contributed by atoms with Crippen molar-refractivity contribution in [1.82, 2.24) is 0 Å². The molecule has 2 fully saturated rings. The number of nitrogens with zero attached hydrogens (tertiary/aromatic N) is 2. The second kappa shape index (κ2) is 18.9. The Morgan fingerprint density at radius 2 is 0.886 bits per heavy atom. The summed E-state index contributed by atoms with van der Waals surface area (Å²) in [6.45, 7) is 16.6. The van der Waals surface area contributed by atoms with Gasteiger partial charge in [-0.05, 0) is 86.9 Å². The van der Waals surface area contributed by atoms with E-state index in [1.165, 1.54) is 64.2 Å². The molecule has 0 bridgehead atoms. The minimum atomic E-state index is -0.0166. The number of ether oxygens (including phenoxy) is 2. The summed E-state index contributed by atoms with van der Waals surface area (Å²) in [6.07, 6.45) is 17.0. The van der Waals surface area contributed by atoms with E-state index in [1.54, 1.807) is 0 Å². The van der Waals surface area contributed by atoms with Crippen molar-refractivity contribution in [3.8, 4) is 0 Å². The molecule has 0 N–H and O–H groups in total. The van der Waals surface area contributed by atoms with Crippen LogP contribution in [0.3, 0.4) is 0 Å². The quantitative estimate of drug-likeness (QED) is 0.0827. The third-order valence-electron chi connectivity index (χ3n) is 10.9. The van der Waals surface area contributed by atoms with Gasteiger partial charge in [0, 0.05) is 0 Å². The van der Waals surface area contributed by atoms with Crippen molar-refractivity contribution in [2.45, 2.75) is 144 Å². The average molecular weight is 623 g/mol. The van der Waals surface area contributed by atoms with Gasteiger partial charge in [0.2, 0.25) is 0 Å². The Kier molecular flexibility index (Phi) is 16.7. The molecule has 0 aliphatic heterocycles. The molecule has 0 saturated heterocycles. The molecule has 6 nitrogen and oxygen atoms in total. The van der Waals surface area contributed by atoms with Gasteiger partial charge < -0.3 is 18.4 Å². The summed E-state index contributed by atoms with van der Waals surface area (Å²) in [5, 5.41) is 0. The zero-order chi connectivity index (χ0) is 32.9. The average Bonchev–Trinajstić information content (AvgIpc) is 2.88. The highest BCUT2D eigenvalue weighted by molar-refractivity contribution is 5.71. The SMILES string of the molecule is CC1CCC(C(C)C)C(OC(=O)C[N+](C)(C)CCCCCCCCCC[N+](C)(C)CC(=O)OC2CC(C)CCC2C(C)C)C1. The molecular weight excluding hydrogens is 548 g/mol. The summed E-state index contributed by atoms with van der Waals surface area (Å²) in [5.74, 6) is 3.42. The fraction of sp³-hybridized carbons (Fsp3) is 0.947. The van der Waals surface area contributed by atoms with Gasteiger partial charge in [-0.25, -0.2) is 9.59 Å². The summed E-state index contributed by atoms with van der Waals surface area (Å²) < 4.78 is 13.6. The number of hydrogen-bond donors (Lipinski definition) is 0. The van der Waals surface area contributed by atoms with Gasteiger partial charge in [0.15, 0.2) is 13.1 Å². The van der Waals surface area contributed by atoms with Gasteiger partial charge in [0.05, 0.1) is 41.3 Å². The van der Waals surface area contributed by atoms with Crippen molar-refractivity contribution in [2.24, 2.45) is 35.5 Å². The Balaban J connectivity index is 1.53. The summed E-state index contributed by atoms with van der Waals surface area (Å²) in [6, 6.07) is 0. The first kappa shape index (κ1) is 39.0. The Hall–Kier alpha value is -1.14. The molecule has 0 aromatic rings. The highest BCUT2D eigenvalue weighted by Gasteiger charge is 2.36. The smallest absolute Gasteiger partial charge is 0.362 e. The monoisotopic (exact) mass is 623 g/mol. The van der Waals surface area contributed by atoms with Crippen molar-refractivity contribution < 1.29 is 28.0 Å². The molecule has 6 heteroatoms. The molecule has 0 aromatic heterocycles. The Bertz CT molecular complexity index is 771. The van der Waals surface area contributed by atoms with Crippen LogP contribution in [0.5, 0.6) is 0 Å². The number of unbranched alkanes of at least 4 members (excludes halogenated alkanes) is 7. The van der Waals surface area contributed by atoms with E-state index in [-0.39, 0.29) is 24.1 Å². The molecule has 2 saturated carbocycles. The minimum absolute atomic E-state index is 0.0166. The van der Waals surface area contributed by atoms with Crippen molar-refractivity contribution in [2.75, 3.05) is 54.4 Å². The van der Waals surface area contributed by atoms with Gasteiger partial charge in [-0.2, -0.15) is 0 Å². The lowest BCUT2D eigenvalue weighted by atomic mass is 9.75. The summed E-state index contributed by atoms with van der Waals surface area (Å²) in [4.78, 5) is 25.7. The van der Waals surface area contributed by atoms with E-state index in [1.807, 2.05) is 0 Å². The lowest BCUT2D eigenvalue weighted by Crippen LogP contribution is -2.47. The number of hydrogen-bond acceptors (Lipinski definition) is 4. The molecule has 44 heavy (non-hydrogen) atoms. The number of carbonyl (C=O) groups is 2. The maximum Gasteiger partial charge on any atom is 0.362 e. The van der Waals surface area contributed by atoms with E-state index in [9.17, 15) is 9.59 Å². The molecule has 2 rings (SSSR count). The summed E-state index contributed by atoms with van der Waals surface area (Å²) >= 11 is 0. The zero-order valence-corrected chi connectivity index (χ0v) is 30.9. The molecule has 6 unspecified atom stereocenters. The third-order valence-corrected chi connectivity index (χ3v) is 10.9. The van der Waals surface area contributed by atoms with Gasteiger partial charge in [-0.15, -0.1) is 0 Å².